The van der Waals surface area contributed by atoms with Crippen molar-refractivity contribution < 1.29 is 4.79 Å². The second-order valence-corrected chi connectivity index (χ2v) is 6.62. The van der Waals surface area contributed by atoms with Crippen LogP contribution in [-0.2, 0) is 0 Å². The number of rotatable bonds is 5. The summed E-state index contributed by atoms with van der Waals surface area (Å²) in [4.78, 5) is 16.9. The van der Waals surface area contributed by atoms with Gasteiger partial charge in [-0.05, 0) is 31.2 Å². The Kier molecular flexibility index (Phi) is 5.42. The molecule has 0 aliphatic rings. The number of amides is 1. The van der Waals surface area contributed by atoms with E-state index in [1.807, 2.05) is 49.4 Å². The summed E-state index contributed by atoms with van der Waals surface area (Å²) in [6, 6.07) is 16.9. The third-order valence-electron chi connectivity index (χ3n) is 3.30. The van der Waals surface area contributed by atoms with E-state index in [-0.39, 0.29) is 5.91 Å². The van der Waals surface area contributed by atoms with E-state index in [0.717, 1.165) is 11.3 Å². The van der Waals surface area contributed by atoms with Gasteiger partial charge in [0.05, 0.1) is 11.1 Å². The number of thiazole rings is 1. The summed E-state index contributed by atoms with van der Waals surface area (Å²) in [5, 5.41) is 8.11. The minimum Gasteiger partial charge on any atom is -0.331 e. The largest absolute Gasteiger partial charge is 0.331 e. The number of anilines is 2. The van der Waals surface area contributed by atoms with Crippen molar-refractivity contribution >= 4 is 45.9 Å². The Balaban J connectivity index is 1.63. The Morgan fingerprint density at radius 1 is 1.16 bits per heavy atom. The molecule has 0 atom stereocenters. The highest BCUT2D eigenvalue weighted by atomic mass is 35.5. The summed E-state index contributed by atoms with van der Waals surface area (Å²) < 4.78 is 0. The number of nitrogens with one attached hydrogen (secondary N) is 2. The van der Waals surface area contributed by atoms with Gasteiger partial charge in [0.1, 0.15) is 0 Å². The highest BCUT2D eigenvalue weighted by molar-refractivity contribution is 7.17. The van der Waals surface area contributed by atoms with Crippen LogP contribution in [0.4, 0.5) is 10.8 Å². The van der Waals surface area contributed by atoms with Gasteiger partial charge in [-0.1, -0.05) is 58.8 Å². The first-order valence-electron chi connectivity index (χ1n) is 7.50. The average Bonchev–Trinajstić information content (AvgIpc) is 2.95. The number of para-hydroxylation sites is 1. The number of benzene rings is 2. The van der Waals surface area contributed by atoms with Crippen LogP contribution in [0.15, 0.2) is 59.7 Å². The Labute approximate surface area is 154 Å². The van der Waals surface area contributed by atoms with Crippen LogP contribution < -0.4 is 10.7 Å². The van der Waals surface area contributed by atoms with Crippen molar-refractivity contribution in [2.24, 2.45) is 5.10 Å². The lowest BCUT2D eigenvalue weighted by atomic mass is 10.1. The van der Waals surface area contributed by atoms with E-state index in [1.165, 1.54) is 17.6 Å². The zero-order valence-electron chi connectivity index (χ0n) is 13.4. The van der Waals surface area contributed by atoms with Crippen molar-refractivity contribution in [2.75, 3.05) is 5.32 Å². The van der Waals surface area contributed by atoms with Crippen LogP contribution in [0.5, 0.6) is 0 Å². The van der Waals surface area contributed by atoms with Crippen molar-refractivity contribution in [3.8, 4) is 0 Å². The number of aromatic nitrogens is 1. The molecule has 1 heterocycles. The molecule has 2 aromatic carbocycles. The fourth-order valence-electron chi connectivity index (χ4n) is 2.01. The minimum atomic E-state index is -0.278. The molecule has 0 spiro atoms. The Morgan fingerprint density at radius 3 is 2.60 bits per heavy atom. The maximum absolute atomic E-state index is 12.0. The SMILES string of the molecule is Cc1ccc(C(=O)N/N=C/c2sc(Nc3ccccc3)nc2Cl)cc1. The van der Waals surface area contributed by atoms with E-state index in [0.29, 0.717) is 20.7 Å². The molecule has 126 valence electrons. The van der Waals surface area contributed by atoms with Gasteiger partial charge in [-0.15, -0.1) is 0 Å². The first kappa shape index (κ1) is 17.1. The minimum absolute atomic E-state index is 0.278. The van der Waals surface area contributed by atoms with Gasteiger partial charge >= 0.3 is 0 Å². The molecule has 0 saturated heterocycles. The number of carbonyl (C=O) groups excluding carboxylic acids is 1. The predicted octanol–water partition coefficient (Wildman–Crippen LogP) is 4.61. The van der Waals surface area contributed by atoms with Crippen LogP contribution in [0, 0.1) is 6.92 Å². The lowest BCUT2D eigenvalue weighted by Crippen LogP contribution is -2.17. The van der Waals surface area contributed by atoms with Gasteiger partial charge in [0, 0.05) is 11.3 Å². The van der Waals surface area contributed by atoms with Gasteiger partial charge in [-0.3, -0.25) is 4.79 Å². The van der Waals surface area contributed by atoms with Crippen molar-refractivity contribution in [3.05, 3.63) is 75.8 Å². The van der Waals surface area contributed by atoms with Crippen LogP contribution in [0.25, 0.3) is 0 Å². The van der Waals surface area contributed by atoms with Crippen LogP contribution in [0.2, 0.25) is 5.15 Å². The third kappa shape index (κ3) is 4.65. The van der Waals surface area contributed by atoms with Gasteiger partial charge in [-0.2, -0.15) is 5.10 Å². The van der Waals surface area contributed by atoms with Gasteiger partial charge in [0.25, 0.3) is 5.91 Å². The fourth-order valence-corrected chi connectivity index (χ4v) is 3.06. The maximum Gasteiger partial charge on any atom is 0.271 e. The number of aryl methyl sites for hydroxylation is 1. The molecule has 5 nitrogen and oxygen atoms in total. The van der Waals surface area contributed by atoms with E-state index in [1.54, 1.807) is 12.1 Å². The van der Waals surface area contributed by atoms with Gasteiger partial charge < -0.3 is 5.32 Å². The summed E-state index contributed by atoms with van der Waals surface area (Å²) >= 11 is 7.47. The van der Waals surface area contributed by atoms with E-state index in [2.05, 4.69) is 20.8 Å². The summed E-state index contributed by atoms with van der Waals surface area (Å²) in [5.41, 5.74) is 5.04. The number of hydrogen-bond acceptors (Lipinski definition) is 5. The summed E-state index contributed by atoms with van der Waals surface area (Å²) in [6.45, 7) is 1.96. The molecule has 0 aliphatic carbocycles. The molecule has 3 rings (SSSR count). The van der Waals surface area contributed by atoms with Gasteiger partial charge in [-0.25, -0.2) is 10.4 Å². The highest BCUT2D eigenvalue weighted by Gasteiger charge is 2.08. The molecule has 1 amide bonds. The molecule has 0 radical (unpaired) electrons. The van der Waals surface area contributed by atoms with Crippen LogP contribution in [0.1, 0.15) is 20.8 Å². The van der Waals surface area contributed by atoms with Gasteiger partial charge in [0.15, 0.2) is 10.3 Å². The number of hydrazone groups is 1. The molecule has 1 aromatic heterocycles. The molecule has 3 aromatic rings. The molecule has 0 aliphatic heterocycles. The second kappa shape index (κ2) is 7.92. The monoisotopic (exact) mass is 370 g/mol. The normalized spacial score (nSPS) is 10.8. The van der Waals surface area contributed by atoms with Crippen molar-refractivity contribution in [1.29, 1.82) is 0 Å². The standard InChI is InChI=1S/C18H15ClN4OS/c1-12-7-9-13(10-8-12)17(24)23-20-11-15-16(19)22-18(25-15)21-14-5-3-2-4-6-14/h2-11H,1H3,(H,21,22)(H,23,24)/b20-11+. The van der Waals surface area contributed by atoms with Crippen LogP contribution in [-0.4, -0.2) is 17.1 Å². The first-order valence-corrected chi connectivity index (χ1v) is 8.70. The summed E-state index contributed by atoms with van der Waals surface area (Å²) in [6.07, 6.45) is 1.49. The van der Waals surface area contributed by atoms with E-state index in [9.17, 15) is 4.79 Å². The Hall–Kier alpha value is -2.70. The molecule has 0 unspecified atom stereocenters. The molecule has 2 N–H and O–H groups in total. The smallest absolute Gasteiger partial charge is 0.271 e. The number of carbonyl (C=O) groups is 1. The quantitative estimate of drug-likeness (QED) is 0.509. The Bertz CT molecular complexity index is 891. The fraction of sp³-hybridized carbons (Fsp3) is 0.0556. The van der Waals surface area contributed by atoms with Crippen LogP contribution >= 0.6 is 22.9 Å². The number of nitrogens with zero attached hydrogens (tertiary/aromatic N) is 2. The maximum atomic E-state index is 12.0. The van der Waals surface area contributed by atoms with E-state index < -0.39 is 0 Å². The van der Waals surface area contributed by atoms with Crippen molar-refractivity contribution in [2.45, 2.75) is 6.92 Å². The summed E-state index contributed by atoms with van der Waals surface area (Å²) in [5.74, 6) is -0.278. The number of hydrogen-bond donors (Lipinski definition) is 2. The molecule has 25 heavy (non-hydrogen) atoms. The predicted molar refractivity (Wildman–Crippen MR) is 103 cm³/mol. The highest BCUT2D eigenvalue weighted by Crippen LogP contribution is 2.27. The molecule has 0 bridgehead atoms. The van der Waals surface area contributed by atoms with E-state index >= 15 is 0 Å². The van der Waals surface area contributed by atoms with E-state index in [4.69, 9.17) is 11.6 Å². The lowest BCUT2D eigenvalue weighted by Gasteiger charge is -2.00. The first-order chi connectivity index (χ1) is 12.1. The lowest BCUT2D eigenvalue weighted by molar-refractivity contribution is 0.0955. The average molecular weight is 371 g/mol. The molecule has 0 fully saturated rings. The zero-order valence-corrected chi connectivity index (χ0v) is 14.9. The van der Waals surface area contributed by atoms with Crippen LogP contribution in [0.3, 0.4) is 0 Å². The van der Waals surface area contributed by atoms with Crippen molar-refractivity contribution in [3.63, 3.8) is 0 Å². The Morgan fingerprint density at radius 2 is 1.88 bits per heavy atom. The summed E-state index contributed by atoms with van der Waals surface area (Å²) in [7, 11) is 0. The third-order valence-corrected chi connectivity index (χ3v) is 4.60. The van der Waals surface area contributed by atoms with Gasteiger partial charge in [0.2, 0.25) is 0 Å². The molecule has 7 heteroatoms. The molecular formula is C18H15ClN4OS. The zero-order chi connectivity index (χ0) is 17.6. The molecular weight excluding hydrogens is 356 g/mol. The van der Waals surface area contributed by atoms with Crippen molar-refractivity contribution in [1.82, 2.24) is 10.4 Å². The number of halogens is 1. The second-order valence-electron chi connectivity index (χ2n) is 5.23. The topological polar surface area (TPSA) is 66.4 Å². The molecule has 0 saturated carbocycles.